The number of urea groups is 1. The minimum absolute atomic E-state index is 0.251. The van der Waals surface area contributed by atoms with Gasteiger partial charge in [0.25, 0.3) is 0 Å². The molecular weight excluding hydrogens is 369 g/mol. The first-order valence-corrected chi connectivity index (χ1v) is 9.69. The Kier molecular flexibility index (Phi) is 6.28. The number of carbonyl (C=O) groups is 1. The van der Waals surface area contributed by atoms with E-state index < -0.39 is 0 Å². The predicted molar refractivity (Wildman–Crippen MR) is 110 cm³/mol. The quantitative estimate of drug-likeness (QED) is 0.741. The average Bonchev–Trinajstić information content (AvgIpc) is 2.64. The number of hydrogen-bond donors (Lipinski definition) is 2. The Balaban J connectivity index is 1.51. The zero-order valence-electron chi connectivity index (χ0n) is 14.8. The highest BCUT2D eigenvalue weighted by Gasteiger charge is 2.15. The van der Waals surface area contributed by atoms with Gasteiger partial charge >= 0.3 is 6.03 Å². The highest BCUT2D eigenvalue weighted by molar-refractivity contribution is 6.42. The molecule has 0 atom stereocenters. The molecule has 3 rings (SSSR count). The number of anilines is 2. The number of hydrogen-bond acceptors (Lipinski definition) is 2. The standard InChI is InChI=1S/C20H23Cl2N3O/c1-2-25-11-3-4-15-12-14(5-8-19(15)25)9-10-23-20(26)24-16-6-7-17(21)18(22)13-16/h5-8,12-13H,2-4,9-11H2,1H3,(H2,23,24,26). The number of benzene rings is 2. The van der Waals surface area contributed by atoms with Crippen LogP contribution in [0.2, 0.25) is 10.0 Å². The molecule has 2 N–H and O–H groups in total. The molecule has 6 heteroatoms. The lowest BCUT2D eigenvalue weighted by molar-refractivity contribution is 0.252. The molecule has 4 nitrogen and oxygen atoms in total. The molecule has 0 radical (unpaired) electrons. The SMILES string of the molecule is CCN1CCCc2cc(CCNC(=O)Nc3ccc(Cl)c(Cl)c3)ccc21. The van der Waals surface area contributed by atoms with Crippen molar-refractivity contribution in [3.63, 3.8) is 0 Å². The van der Waals surface area contributed by atoms with Gasteiger partial charge in [0.05, 0.1) is 10.0 Å². The maximum Gasteiger partial charge on any atom is 0.319 e. The number of amides is 2. The van der Waals surface area contributed by atoms with E-state index in [9.17, 15) is 4.79 Å². The largest absolute Gasteiger partial charge is 0.372 e. The van der Waals surface area contributed by atoms with Crippen molar-refractivity contribution in [2.45, 2.75) is 26.2 Å². The average molecular weight is 392 g/mol. The van der Waals surface area contributed by atoms with E-state index in [1.807, 2.05) is 0 Å². The van der Waals surface area contributed by atoms with Gasteiger partial charge in [-0.3, -0.25) is 0 Å². The van der Waals surface area contributed by atoms with Crippen molar-refractivity contribution in [2.24, 2.45) is 0 Å². The molecule has 0 fully saturated rings. The van der Waals surface area contributed by atoms with Gasteiger partial charge in [0.15, 0.2) is 0 Å². The number of nitrogens with zero attached hydrogens (tertiary/aromatic N) is 1. The van der Waals surface area contributed by atoms with Gasteiger partial charge in [-0.15, -0.1) is 0 Å². The molecule has 1 heterocycles. The summed E-state index contributed by atoms with van der Waals surface area (Å²) in [6, 6.07) is 11.4. The van der Waals surface area contributed by atoms with Gasteiger partial charge in [-0.2, -0.15) is 0 Å². The van der Waals surface area contributed by atoms with Crippen molar-refractivity contribution < 1.29 is 4.79 Å². The van der Waals surface area contributed by atoms with Crippen molar-refractivity contribution in [3.8, 4) is 0 Å². The molecular formula is C20H23Cl2N3O. The van der Waals surface area contributed by atoms with Crippen LogP contribution in [0.25, 0.3) is 0 Å². The van der Waals surface area contributed by atoms with Gasteiger partial charge in [0.1, 0.15) is 0 Å². The summed E-state index contributed by atoms with van der Waals surface area (Å²) in [4.78, 5) is 14.4. The molecule has 2 aromatic carbocycles. The van der Waals surface area contributed by atoms with Crippen LogP contribution in [0.3, 0.4) is 0 Å². The minimum atomic E-state index is -0.251. The predicted octanol–water partition coefficient (Wildman–Crippen LogP) is 5.13. The van der Waals surface area contributed by atoms with E-state index >= 15 is 0 Å². The number of carbonyl (C=O) groups excluding carboxylic acids is 1. The summed E-state index contributed by atoms with van der Waals surface area (Å²) in [5, 5.41) is 6.52. The molecule has 0 saturated heterocycles. The number of rotatable bonds is 5. The number of aryl methyl sites for hydroxylation is 1. The fraction of sp³-hybridized carbons (Fsp3) is 0.350. The molecule has 138 valence electrons. The minimum Gasteiger partial charge on any atom is -0.372 e. The molecule has 1 aliphatic heterocycles. The van der Waals surface area contributed by atoms with Crippen molar-refractivity contribution in [1.29, 1.82) is 0 Å². The lowest BCUT2D eigenvalue weighted by Gasteiger charge is -2.30. The summed E-state index contributed by atoms with van der Waals surface area (Å²) in [6.45, 7) is 4.95. The van der Waals surface area contributed by atoms with Crippen LogP contribution in [0.5, 0.6) is 0 Å². The molecule has 2 aromatic rings. The highest BCUT2D eigenvalue weighted by atomic mass is 35.5. The summed E-state index contributed by atoms with van der Waals surface area (Å²) in [5.41, 5.74) is 4.63. The van der Waals surface area contributed by atoms with E-state index in [1.165, 1.54) is 23.2 Å². The van der Waals surface area contributed by atoms with Gasteiger partial charge in [0.2, 0.25) is 0 Å². The van der Waals surface area contributed by atoms with Crippen LogP contribution < -0.4 is 15.5 Å². The molecule has 26 heavy (non-hydrogen) atoms. The van der Waals surface area contributed by atoms with Gasteiger partial charge < -0.3 is 15.5 Å². The molecule has 1 aliphatic rings. The zero-order chi connectivity index (χ0) is 18.5. The summed E-state index contributed by atoms with van der Waals surface area (Å²) >= 11 is 11.8. The zero-order valence-corrected chi connectivity index (χ0v) is 16.3. The molecule has 0 spiro atoms. The summed E-state index contributed by atoms with van der Waals surface area (Å²) in [5.74, 6) is 0. The fourth-order valence-electron chi connectivity index (χ4n) is 3.28. The Hall–Kier alpha value is -1.91. The first-order valence-electron chi connectivity index (χ1n) is 8.93. The second kappa shape index (κ2) is 8.65. The fourth-order valence-corrected chi connectivity index (χ4v) is 3.58. The smallest absolute Gasteiger partial charge is 0.319 e. The molecule has 2 amide bonds. The van der Waals surface area contributed by atoms with Crippen LogP contribution in [0, 0.1) is 0 Å². The van der Waals surface area contributed by atoms with E-state index in [2.05, 4.69) is 40.7 Å². The summed E-state index contributed by atoms with van der Waals surface area (Å²) in [6.07, 6.45) is 3.13. The highest BCUT2D eigenvalue weighted by Crippen LogP contribution is 2.28. The Labute approximate surface area is 164 Å². The van der Waals surface area contributed by atoms with E-state index in [-0.39, 0.29) is 6.03 Å². The van der Waals surface area contributed by atoms with E-state index in [1.54, 1.807) is 18.2 Å². The Morgan fingerprint density at radius 2 is 2.00 bits per heavy atom. The van der Waals surface area contributed by atoms with E-state index in [4.69, 9.17) is 23.2 Å². The van der Waals surface area contributed by atoms with Crippen LogP contribution in [-0.2, 0) is 12.8 Å². The number of fused-ring (bicyclic) bond motifs is 1. The van der Waals surface area contributed by atoms with E-state index in [0.717, 1.165) is 25.9 Å². The third-order valence-electron chi connectivity index (χ3n) is 4.62. The first kappa shape index (κ1) is 18.9. The number of nitrogens with one attached hydrogen (secondary N) is 2. The van der Waals surface area contributed by atoms with Crippen LogP contribution in [0.4, 0.5) is 16.2 Å². The maximum atomic E-state index is 12.0. The topological polar surface area (TPSA) is 44.4 Å². The Morgan fingerprint density at radius 1 is 1.15 bits per heavy atom. The van der Waals surface area contributed by atoms with Crippen LogP contribution in [0.1, 0.15) is 24.5 Å². The summed E-state index contributed by atoms with van der Waals surface area (Å²) in [7, 11) is 0. The van der Waals surface area contributed by atoms with Gasteiger partial charge in [0, 0.05) is 31.0 Å². The van der Waals surface area contributed by atoms with Crippen molar-refractivity contribution in [2.75, 3.05) is 29.9 Å². The second-order valence-electron chi connectivity index (χ2n) is 6.41. The molecule has 0 bridgehead atoms. The Bertz CT molecular complexity index is 795. The van der Waals surface area contributed by atoms with Crippen molar-refractivity contribution in [3.05, 3.63) is 57.6 Å². The molecule has 0 saturated carbocycles. The van der Waals surface area contributed by atoms with E-state index in [0.29, 0.717) is 22.3 Å². The normalized spacial score (nSPS) is 13.3. The summed E-state index contributed by atoms with van der Waals surface area (Å²) < 4.78 is 0. The van der Waals surface area contributed by atoms with Gasteiger partial charge in [-0.05, 0) is 61.6 Å². The van der Waals surface area contributed by atoms with Crippen molar-refractivity contribution >= 4 is 40.6 Å². The molecule has 0 unspecified atom stereocenters. The first-order chi connectivity index (χ1) is 12.6. The molecule has 0 aliphatic carbocycles. The van der Waals surface area contributed by atoms with Crippen LogP contribution in [0.15, 0.2) is 36.4 Å². The van der Waals surface area contributed by atoms with Crippen molar-refractivity contribution in [1.82, 2.24) is 5.32 Å². The Morgan fingerprint density at radius 3 is 2.77 bits per heavy atom. The molecule has 0 aromatic heterocycles. The maximum absolute atomic E-state index is 12.0. The number of halogens is 2. The lowest BCUT2D eigenvalue weighted by atomic mass is 9.98. The van der Waals surface area contributed by atoms with Crippen LogP contribution in [-0.4, -0.2) is 25.7 Å². The van der Waals surface area contributed by atoms with Crippen LogP contribution >= 0.6 is 23.2 Å². The van der Waals surface area contributed by atoms with Gasteiger partial charge in [-0.25, -0.2) is 4.79 Å². The third-order valence-corrected chi connectivity index (χ3v) is 5.36. The second-order valence-corrected chi connectivity index (χ2v) is 7.22. The third kappa shape index (κ3) is 4.63. The lowest BCUT2D eigenvalue weighted by Crippen LogP contribution is -2.31. The monoisotopic (exact) mass is 391 g/mol. The van der Waals surface area contributed by atoms with Gasteiger partial charge in [-0.1, -0.05) is 35.3 Å².